The summed E-state index contributed by atoms with van der Waals surface area (Å²) in [5.74, 6) is 0.609. The number of sulfonamides is 1. The highest BCUT2D eigenvalue weighted by Gasteiger charge is 2.29. The van der Waals surface area contributed by atoms with Gasteiger partial charge in [-0.3, -0.25) is 4.79 Å². The number of ether oxygens (including phenoxy) is 2. The van der Waals surface area contributed by atoms with Gasteiger partial charge in [0.15, 0.2) is 0 Å². The molecule has 1 aliphatic rings. The number of carbonyl (C=O) groups excluding carboxylic acids is 2. The van der Waals surface area contributed by atoms with Crippen molar-refractivity contribution in [2.45, 2.75) is 23.8 Å². The molecular weight excluding hydrogens is 556 g/mol. The van der Waals surface area contributed by atoms with Gasteiger partial charge in [-0.25, -0.2) is 22.9 Å². The molecule has 42 heavy (non-hydrogen) atoms. The molecule has 1 aliphatic heterocycles. The van der Waals surface area contributed by atoms with Crippen LogP contribution in [0.3, 0.4) is 0 Å². The lowest BCUT2D eigenvalue weighted by Gasteiger charge is -2.25. The molecule has 1 aromatic heterocycles. The van der Waals surface area contributed by atoms with E-state index in [9.17, 15) is 18.0 Å². The van der Waals surface area contributed by atoms with Crippen molar-refractivity contribution in [2.75, 3.05) is 25.7 Å². The lowest BCUT2D eigenvalue weighted by Crippen LogP contribution is -2.52. The third-order valence-electron chi connectivity index (χ3n) is 6.94. The molecule has 0 radical (unpaired) electrons. The highest BCUT2D eigenvalue weighted by Crippen LogP contribution is 2.33. The van der Waals surface area contributed by atoms with Gasteiger partial charge >= 0.3 is 6.03 Å². The van der Waals surface area contributed by atoms with Gasteiger partial charge in [0, 0.05) is 42.9 Å². The van der Waals surface area contributed by atoms with E-state index in [0.29, 0.717) is 23.4 Å². The molecule has 2 heterocycles. The zero-order valence-electron chi connectivity index (χ0n) is 23.1. The molecule has 2 N–H and O–H groups in total. The topological polar surface area (TPSA) is 127 Å². The van der Waals surface area contributed by atoms with E-state index in [2.05, 4.69) is 15.0 Å². The smallest absolute Gasteiger partial charge is 0.329 e. The second-order valence-electron chi connectivity index (χ2n) is 9.67. The first-order valence-corrected chi connectivity index (χ1v) is 14.7. The Kier molecular flexibility index (Phi) is 8.39. The molecule has 1 atom stereocenters. The van der Waals surface area contributed by atoms with Crippen LogP contribution in [0.5, 0.6) is 11.6 Å². The number of aromatic nitrogens is 1. The van der Waals surface area contributed by atoms with E-state index >= 15 is 0 Å². The molecule has 3 aromatic carbocycles. The van der Waals surface area contributed by atoms with Crippen LogP contribution < -0.4 is 24.4 Å². The molecule has 4 aromatic rings. The number of hydrogen-bond acceptors (Lipinski definition) is 7. The number of fused-ring (bicyclic) bond motifs is 1. The van der Waals surface area contributed by atoms with E-state index in [-0.39, 0.29) is 17.2 Å². The number of nitrogens with zero attached hydrogens (tertiary/aromatic N) is 2. The number of hydrogen-bond donors (Lipinski definition) is 2. The Morgan fingerprint density at radius 2 is 1.74 bits per heavy atom. The third-order valence-corrected chi connectivity index (χ3v) is 8.32. The number of benzene rings is 3. The average molecular weight is 587 g/mol. The Balaban J connectivity index is 1.39. The van der Waals surface area contributed by atoms with Crippen LogP contribution in [0.15, 0.2) is 96.0 Å². The monoisotopic (exact) mass is 586 g/mol. The minimum absolute atomic E-state index is 0.144. The number of urea groups is 1. The van der Waals surface area contributed by atoms with E-state index in [1.165, 1.54) is 24.3 Å². The molecule has 216 valence electrons. The Labute approximate surface area is 244 Å². The second-order valence-corrected chi connectivity index (χ2v) is 11.3. The molecule has 11 heteroatoms. The van der Waals surface area contributed by atoms with Crippen molar-refractivity contribution in [3.05, 3.63) is 102 Å². The first-order valence-electron chi connectivity index (χ1n) is 13.3. The van der Waals surface area contributed by atoms with Crippen molar-refractivity contribution in [3.8, 4) is 22.8 Å². The molecule has 0 fully saturated rings. The van der Waals surface area contributed by atoms with Gasteiger partial charge in [0.05, 0.1) is 18.6 Å². The van der Waals surface area contributed by atoms with Crippen molar-refractivity contribution in [1.29, 1.82) is 0 Å². The highest BCUT2D eigenvalue weighted by molar-refractivity contribution is 7.90. The van der Waals surface area contributed by atoms with Crippen LogP contribution in [0.1, 0.15) is 11.1 Å². The van der Waals surface area contributed by atoms with Crippen LogP contribution in [0.2, 0.25) is 0 Å². The Morgan fingerprint density at radius 1 is 1.00 bits per heavy atom. The molecule has 0 unspecified atom stereocenters. The fraction of sp³-hybridized carbons (Fsp3) is 0.194. The van der Waals surface area contributed by atoms with Crippen LogP contribution >= 0.6 is 0 Å². The molecule has 0 bridgehead atoms. The number of carbonyl (C=O) groups is 2. The summed E-state index contributed by atoms with van der Waals surface area (Å²) in [6.45, 7) is 0.583. The predicted octanol–water partition coefficient (Wildman–Crippen LogP) is 3.95. The summed E-state index contributed by atoms with van der Waals surface area (Å²) >= 11 is 0. The Hall–Kier alpha value is -4.90. The molecule has 5 rings (SSSR count). The van der Waals surface area contributed by atoms with Crippen molar-refractivity contribution in [3.63, 3.8) is 0 Å². The summed E-state index contributed by atoms with van der Waals surface area (Å²) in [5.41, 5.74) is 3.17. The van der Waals surface area contributed by atoms with Gasteiger partial charge in [-0.05, 0) is 47.5 Å². The molecular formula is C31H30N4O6S. The molecule has 10 nitrogen and oxygen atoms in total. The quantitative estimate of drug-likeness (QED) is 0.304. The summed E-state index contributed by atoms with van der Waals surface area (Å²) in [4.78, 5) is 32.4. The van der Waals surface area contributed by atoms with Crippen LogP contribution in [0.4, 0.5) is 10.5 Å². The molecule has 0 saturated carbocycles. The van der Waals surface area contributed by atoms with E-state index in [1.54, 1.807) is 43.4 Å². The maximum Gasteiger partial charge on any atom is 0.329 e. The molecule has 0 aliphatic carbocycles. The van der Waals surface area contributed by atoms with E-state index in [4.69, 9.17) is 9.47 Å². The Bertz CT molecular complexity index is 1710. The van der Waals surface area contributed by atoms with Gasteiger partial charge in [-0.1, -0.05) is 48.5 Å². The van der Waals surface area contributed by atoms with Crippen molar-refractivity contribution >= 4 is 27.6 Å². The fourth-order valence-electron chi connectivity index (χ4n) is 4.84. The fourth-order valence-corrected chi connectivity index (χ4v) is 5.98. The molecule has 0 spiro atoms. The van der Waals surface area contributed by atoms with E-state index < -0.39 is 28.0 Å². The lowest BCUT2D eigenvalue weighted by atomic mass is 10.0. The molecule has 3 amide bonds. The van der Waals surface area contributed by atoms with E-state index in [0.717, 1.165) is 23.3 Å². The number of methoxy groups -OCH3 is 1. The first kappa shape index (κ1) is 28.6. The van der Waals surface area contributed by atoms with E-state index in [1.807, 2.05) is 42.5 Å². The minimum Gasteiger partial charge on any atom is -0.493 e. The third kappa shape index (κ3) is 6.21. The summed E-state index contributed by atoms with van der Waals surface area (Å²) in [5, 5.41) is 2.59. The van der Waals surface area contributed by atoms with Crippen LogP contribution in [-0.4, -0.2) is 52.1 Å². The Morgan fingerprint density at radius 3 is 2.52 bits per heavy atom. The predicted molar refractivity (Wildman–Crippen MR) is 158 cm³/mol. The van der Waals surface area contributed by atoms with Gasteiger partial charge in [0.2, 0.25) is 11.8 Å². The summed E-state index contributed by atoms with van der Waals surface area (Å²) in [7, 11) is -1.32. The zero-order chi connectivity index (χ0) is 29.7. The van der Waals surface area contributed by atoms with Crippen LogP contribution in [0, 0.1) is 0 Å². The van der Waals surface area contributed by atoms with Crippen LogP contribution in [-0.2, 0) is 27.7 Å². The SMILES string of the molecule is COc1ncccc1-c1ccccc1S(=O)(=O)NC(=O)N[C@@H](Cc1ccccc1)C(=O)N(C)c1ccc2c(c1)CCO2. The average Bonchev–Trinajstić information content (AvgIpc) is 3.48. The number of likely N-dealkylation sites (N-methyl/N-ethyl adjacent to an activating group) is 1. The molecule has 0 saturated heterocycles. The second kappa shape index (κ2) is 12.3. The van der Waals surface area contributed by atoms with Gasteiger partial charge in [0.25, 0.3) is 10.0 Å². The summed E-state index contributed by atoms with van der Waals surface area (Å²) < 4.78 is 39.9. The maximum atomic E-state index is 13.7. The zero-order valence-corrected chi connectivity index (χ0v) is 23.9. The van der Waals surface area contributed by atoms with Gasteiger partial charge in [0.1, 0.15) is 11.8 Å². The maximum absolute atomic E-state index is 13.7. The summed E-state index contributed by atoms with van der Waals surface area (Å²) in [6.07, 6.45) is 2.42. The van der Waals surface area contributed by atoms with Crippen molar-refractivity contribution < 1.29 is 27.5 Å². The minimum atomic E-state index is -4.37. The number of pyridine rings is 1. The van der Waals surface area contributed by atoms with Crippen molar-refractivity contribution in [1.82, 2.24) is 15.0 Å². The number of anilines is 1. The van der Waals surface area contributed by atoms with Gasteiger partial charge in [-0.2, -0.15) is 0 Å². The number of nitrogens with one attached hydrogen (secondary N) is 2. The first-order chi connectivity index (χ1) is 20.3. The van der Waals surface area contributed by atoms with Crippen molar-refractivity contribution in [2.24, 2.45) is 0 Å². The van der Waals surface area contributed by atoms with Gasteiger partial charge in [-0.15, -0.1) is 0 Å². The normalized spacial score (nSPS) is 12.9. The standard InChI is InChI=1S/C31H30N4O6S/c1-35(23-14-15-27-22(20-23)16-18-41-27)30(36)26(19-21-9-4-3-5-10-21)33-31(37)34-42(38,39)28-13-7-6-11-24(28)25-12-8-17-32-29(25)40-2/h3-15,17,20,26H,16,18-19H2,1-2H3,(H2,33,34,37)/t26-/m0/s1. The summed E-state index contributed by atoms with van der Waals surface area (Å²) in [6, 6.07) is 22.1. The highest BCUT2D eigenvalue weighted by atomic mass is 32.2. The van der Waals surface area contributed by atoms with Crippen LogP contribution in [0.25, 0.3) is 11.1 Å². The largest absolute Gasteiger partial charge is 0.493 e. The number of amides is 3. The van der Waals surface area contributed by atoms with Gasteiger partial charge < -0.3 is 19.7 Å². The lowest BCUT2D eigenvalue weighted by molar-refractivity contribution is -0.120. The number of rotatable bonds is 9.